The molecule has 1 aliphatic carbocycles. The summed E-state index contributed by atoms with van der Waals surface area (Å²) in [6.07, 6.45) is 8.71. The third-order valence-corrected chi connectivity index (χ3v) is 8.52. The van der Waals surface area contributed by atoms with Crippen LogP contribution >= 0.6 is 11.3 Å². The average molecular weight is 570 g/mol. The summed E-state index contributed by atoms with van der Waals surface area (Å²) in [6, 6.07) is 16.3. The predicted octanol–water partition coefficient (Wildman–Crippen LogP) is 4.98. The summed E-state index contributed by atoms with van der Waals surface area (Å²) in [7, 11) is 1.55. The van der Waals surface area contributed by atoms with E-state index in [1.807, 2.05) is 48.0 Å². The number of aromatic amines is 1. The van der Waals surface area contributed by atoms with E-state index < -0.39 is 6.04 Å². The van der Waals surface area contributed by atoms with Gasteiger partial charge in [0.2, 0.25) is 11.8 Å². The first-order chi connectivity index (χ1) is 20.1. The highest BCUT2D eigenvalue weighted by atomic mass is 32.1. The highest BCUT2D eigenvalue weighted by Crippen LogP contribution is 2.36. The van der Waals surface area contributed by atoms with Crippen LogP contribution in [0.1, 0.15) is 48.6 Å². The van der Waals surface area contributed by atoms with Crippen molar-refractivity contribution < 1.29 is 14.3 Å². The molecular weight excluding hydrogens is 538 g/mol. The van der Waals surface area contributed by atoms with Crippen LogP contribution in [0.3, 0.4) is 0 Å². The number of aromatic nitrogens is 5. The zero-order chi connectivity index (χ0) is 28.2. The molecule has 1 atom stereocenters. The molecule has 11 heteroatoms. The van der Waals surface area contributed by atoms with Crippen LogP contribution in [0.2, 0.25) is 0 Å². The van der Waals surface area contributed by atoms with E-state index in [-0.39, 0.29) is 24.3 Å². The molecule has 1 fully saturated rings. The van der Waals surface area contributed by atoms with Crippen molar-refractivity contribution in [2.24, 2.45) is 0 Å². The Balaban J connectivity index is 1.42. The lowest BCUT2D eigenvalue weighted by Crippen LogP contribution is -2.47. The number of thiophene rings is 1. The average Bonchev–Trinajstić information content (AvgIpc) is 3.79. The molecule has 3 aromatic heterocycles. The van der Waals surface area contributed by atoms with Gasteiger partial charge in [0.05, 0.1) is 13.5 Å². The summed E-state index contributed by atoms with van der Waals surface area (Å²) in [5, 5.41) is 17.6. The van der Waals surface area contributed by atoms with Crippen LogP contribution in [0.25, 0.3) is 16.6 Å². The third-order valence-electron chi connectivity index (χ3n) is 7.59. The van der Waals surface area contributed by atoms with Crippen molar-refractivity contribution in [1.29, 1.82) is 0 Å². The number of hydrogen-bond acceptors (Lipinski definition) is 7. The number of fused-ring (bicyclic) bond motifs is 1. The van der Waals surface area contributed by atoms with E-state index in [4.69, 9.17) is 4.74 Å². The predicted molar refractivity (Wildman–Crippen MR) is 157 cm³/mol. The molecule has 6 rings (SSSR count). The number of ether oxygens (including phenoxy) is 1. The fourth-order valence-corrected chi connectivity index (χ4v) is 6.40. The SMILES string of the molecule is COc1cc(N(C(=O)Cc2c[nH]c3ccccc23)[C@@H](C(=O)NC2CCCCC2)c2cccs2)ccc1-n1cnnn1. The molecule has 2 aromatic carbocycles. The number of amides is 2. The van der Waals surface area contributed by atoms with Gasteiger partial charge in [-0.25, -0.2) is 0 Å². The number of para-hydroxylation sites is 1. The van der Waals surface area contributed by atoms with Crippen molar-refractivity contribution in [2.75, 3.05) is 12.0 Å². The molecule has 5 aromatic rings. The van der Waals surface area contributed by atoms with Gasteiger partial charge >= 0.3 is 0 Å². The number of methoxy groups -OCH3 is 1. The Hall–Kier alpha value is -4.51. The lowest BCUT2D eigenvalue weighted by Gasteiger charge is -2.33. The molecule has 3 heterocycles. The van der Waals surface area contributed by atoms with Crippen LogP contribution in [0.15, 0.2) is 72.5 Å². The maximum atomic E-state index is 14.4. The van der Waals surface area contributed by atoms with Crippen LogP contribution in [0, 0.1) is 0 Å². The number of benzene rings is 2. The van der Waals surface area contributed by atoms with Crippen molar-refractivity contribution in [3.8, 4) is 11.4 Å². The van der Waals surface area contributed by atoms with Crippen molar-refractivity contribution >= 4 is 39.7 Å². The van der Waals surface area contributed by atoms with Gasteiger partial charge < -0.3 is 15.0 Å². The van der Waals surface area contributed by atoms with Crippen molar-refractivity contribution in [3.05, 3.63) is 82.9 Å². The number of H-pyrrole nitrogens is 1. The van der Waals surface area contributed by atoms with E-state index in [0.717, 1.165) is 47.0 Å². The van der Waals surface area contributed by atoms with Crippen LogP contribution in [0.5, 0.6) is 5.75 Å². The minimum atomic E-state index is -0.849. The lowest BCUT2D eigenvalue weighted by molar-refractivity contribution is -0.127. The summed E-state index contributed by atoms with van der Waals surface area (Å²) in [5.74, 6) is 0.0802. The molecule has 2 N–H and O–H groups in total. The summed E-state index contributed by atoms with van der Waals surface area (Å²) in [4.78, 5) is 34.1. The zero-order valence-corrected chi connectivity index (χ0v) is 23.5. The van der Waals surface area contributed by atoms with E-state index in [2.05, 4.69) is 25.8 Å². The quantitative estimate of drug-likeness (QED) is 0.259. The number of tetrazole rings is 1. The number of nitrogens with one attached hydrogen (secondary N) is 2. The Morgan fingerprint density at radius 1 is 1.15 bits per heavy atom. The molecule has 0 aliphatic heterocycles. The zero-order valence-electron chi connectivity index (χ0n) is 22.7. The van der Waals surface area contributed by atoms with E-state index in [9.17, 15) is 9.59 Å². The number of anilines is 1. The van der Waals surface area contributed by atoms with E-state index in [1.165, 1.54) is 28.8 Å². The van der Waals surface area contributed by atoms with Gasteiger partial charge in [-0.3, -0.25) is 14.5 Å². The number of rotatable bonds is 9. The van der Waals surface area contributed by atoms with Crippen LogP contribution in [0.4, 0.5) is 5.69 Å². The molecule has 0 saturated heterocycles. The van der Waals surface area contributed by atoms with Crippen LogP contribution in [-0.4, -0.2) is 50.2 Å². The van der Waals surface area contributed by atoms with Gasteiger partial charge in [-0.2, -0.15) is 4.68 Å². The molecule has 41 heavy (non-hydrogen) atoms. The molecule has 1 saturated carbocycles. The Labute approximate surface area is 241 Å². The molecule has 0 bridgehead atoms. The Morgan fingerprint density at radius 3 is 2.76 bits per heavy atom. The van der Waals surface area contributed by atoms with Gasteiger partial charge in [0.1, 0.15) is 23.8 Å². The largest absolute Gasteiger partial charge is 0.494 e. The van der Waals surface area contributed by atoms with Crippen LogP contribution < -0.4 is 15.0 Å². The minimum absolute atomic E-state index is 0.0982. The second kappa shape index (κ2) is 11.9. The van der Waals surface area contributed by atoms with Gasteiger partial charge in [-0.1, -0.05) is 43.5 Å². The monoisotopic (exact) mass is 569 g/mol. The van der Waals surface area contributed by atoms with Gasteiger partial charge in [0.25, 0.3) is 0 Å². The van der Waals surface area contributed by atoms with Gasteiger partial charge in [-0.15, -0.1) is 16.4 Å². The Morgan fingerprint density at radius 2 is 2.00 bits per heavy atom. The Kier molecular flexibility index (Phi) is 7.77. The first-order valence-corrected chi connectivity index (χ1v) is 14.6. The van der Waals surface area contributed by atoms with E-state index in [0.29, 0.717) is 17.1 Å². The first kappa shape index (κ1) is 26.7. The van der Waals surface area contributed by atoms with Gasteiger partial charge in [-0.05, 0) is 58.5 Å². The van der Waals surface area contributed by atoms with E-state index >= 15 is 0 Å². The van der Waals surface area contributed by atoms with Crippen molar-refractivity contribution in [1.82, 2.24) is 30.5 Å². The molecular formula is C30H31N7O3S. The van der Waals surface area contributed by atoms with Crippen molar-refractivity contribution in [2.45, 2.75) is 50.6 Å². The standard InChI is InChI=1S/C30H31N7O3S/c1-40-26-17-22(13-14-25(26)36-19-32-34-35-36)37(28(38)16-20-18-31-24-11-6-5-10-23(20)24)29(27-12-7-15-41-27)30(39)33-21-8-3-2-4-9-21/h5-7,10-15,17-19,21,29,31H,2-4,8-9,16H2,1H3,(H,33,39)/t29-/m1/s1. The fraction of sp³-hybridized carbons (Fsp3) is 0.300. The molecule has 0 radical (unpaired) electrons. The van der Waals surface area contributed by atoms with Crippen molar-refractivity contribution in [3.63, 3.8) is 0 Å². The first-order valence-electron chi connectivity index (χ1n) is 13.7. The number of nitrogens with zero attached hydrogens (tertiary/aromatic N) is 5. The third kappa shape index (κ3) is 5.58. The van der Waals surface area contributed by atoms with Gasteiger partial charge in [0.15, 0.2) is 0 Å². The van der Waals surface area contributed by atoms with Crippen LogP contribution in [-0.2, 0) is 16.0 Å². The summed E-state index contributed by atoms with van der Waals surface area (Å²) in [5.41, 5.74) is 2.98. The molecule has 0 unspecified atom stereocenters. The molecule has 2 amide bonds. The molecule has 0 spiro atoms. The smallest absolute Gasteiger partial charge is 0.248 e. The summed E-state index contributed by atoms with van der Waals surface area (Å²) >= 11 is 1.46. The van der Waals surface area contributed by atoms with Gasteiger partial charge in [0, 0.05) is 39.8 Å². The highest BCUT2D eigenvalue weighted by Gasteiger charge is 2.35. The minimum Gasteiger partial charge on any atom is -0.494 e. The summed E-state index contributed by atoms with van der Waals surface area (Å²) < 4.78 is 7.19. The number of hydrogen-bond donors (Lipinski definition) is 2. The second-order valence-electron chi connectivity index (χ2n) is 10.2. The molecule has 10 nitrogen and oxygen atoms in total. The fourth-order valence-electron chi connectivity index (χ4n) is 5.59. The molecule has 210 valence electrons. The number of carbonyl (C=O) groups excluding carboxylic acids is 2. The second-order valence-corrected chi connectivity index (χ2v) is 11.2. The summed E-state index contributed by atoms with van der Waals surface area (Å²) in [6.45, 7) is 0. The topological polar surface area (TPSA) is 118 Å². The Bertz CT molecular complexity index is 1630. The molecule has 1 aliphatic rings. The maximum Gasteiger partial charge on any atom is 0.248 e. The lowest BCUT2D eigenvalue weighted by atomic mass is 9.95. The van der Waals surface area contributed by atoms with E-state index in [1.54, 1.807) is 30.2 Å². The highest BCUT2D eigenvalue weighted by molar-refractivity contribution is 7.10. The number of carbonyl (C=O) groups is 2. The normalized spacial score (nSPS) is 14.6. The maximum absolute atomic E-state index is 14.4.